The number of carbonyl (C=O) groups excluding carboxylic acids is 6. The predicted octanol–water partition coefficient (Wildman–Crippen LogP) is 9.05. The lowest BCUT2D eigenvalue weighted by Gasteiger charge is -2.42. The van der Waals surface area contributed by atoms with E-state index in [1.165, 1.54) is 18.3 Å². The molecule has 1 aromatic carbocycles. The van der Waals surface area contributed by atoms with Gasteiger partial charge in [-0.15, -0.1) is 5.10 Å². The lowest BCUT2D eigenvalue weighted by Crippen LogP contribution is -2.61. The summed E-state index contributed by atoms with van der Waals surface area (Å²) in [5, 5.41) is 40.9. The molecule has 4 aliphatic rings. The Morgan fingerprint density at radius 3 is 2.08 bits per heavy atom. The number of amides is 2. The molecule has 7 heterocycles. The van der Waals surface area contributed by atoms with Crippen LogP contribution in [0.15, 0.2) is 82.7 Å². The number of fused-ring (bicyclic) bond motifs is 5. The van der Waals surface area contributed by atoms with Gasteiger partial charge in [0.2, 0.25) is 11.7 Å². The molecule has 5 aromatic rings. The number of methoxy groups -OCH3 is 3. The SMILES string of the molecule is CO[C@H]1C[C@@H]2CC[C@@H](C)[C@@](O)(O2)C(=O)C(=O)N2CCCC[C@H]2C(=O)OC([C@H](C)C[C@@H]2CC[C@@H](OCCCCc3cn(CCOCCOCCOCCOCCOCCOCCOCCOCCC(=O)NCCCCn4nc(-c5ccc6oc(N)nc6c5)c5c(N)ncnc54)nn3)[C@H](OC)C2)CC(=O)[C@H](C)/C=C(\C)[C@@H](O)[C@@H](OC)C(=O)[C@H](C)C[C@H](C)/C=C/C=C/C=C/1C. The number of aliphatic hydroxyl groups is 2. The number of aromatic nitrogens is 8. The second-order valence-corrected chi connectivity index (χ2v) is 33.8. The molecule has 1 saturated carbocycles. The summed E-state index contributed by atoms with van der Waals surface area (Å²) in [6.45, 7) is 21.6. The molecule has 3 aliphatic heterocycles. The van der Waals surface area contributed by atoms with E-state index in [0.717, 1.165) is 61.8 Å². The Labute approximate surface area is 746 Å². The molecule has 35 nitrogen and oxygen atoms in total. The van der Waals surface area contributed by atoms with Gasteiger partial charge in [-0.25, -0.2) is 24.1 Å². The molecule has 0 radical (unpaired) electrons. The molecule has 2 bridgehead atoms. The highest BCUT2D eigenvalue weighted by Crippen LogP contribution is 2.40. The predicted molar refractivity (Wildman–Crippen MR) is 472 cm³/mol. The number of cyclic esters (lactones) is 1. The molecule has 0 spiro atoms. The molecular formula is C92H140N12O23. The van der Waals surface area contributed by atoms with Crippen LogP contribution in [-0.2, 0) is 115 Å². The Morgan fingerprint density at radius 2 is 1.40 bits per heavy atom. The van der Waals surface area contributed by atoms with Crippen LogP contribution in [0.1, 0.15) is 163 Å². The number of hydrogen-bond donors (Lipinski definition) is 5. The van der Waals surface area contributed by atoms with Gasteiger partial charge < -0.3 is 103 Å². The number of nitrogens with one attached hydrogen (secondary N) is 1. The molecule has 1 aliphatic carbocycles. The molecule has 4 aromatic heterocycles. The van der Waals surface area contributed by atoms with Crippen molar-refractivity contribution in [1.29, 1.82) is 0 Å². The number of aliphatic hydroxyl groups excluding tert-OH is 1. The van der Waals surface area contributed by atoms with Crippen molar-refractivity contribution in [1.82, 2.24) is 49.9 Å². The Morgan fingerprint density at radius 1 is 0.717 bits per heavy atom. The summed E-state index contributed by atoms with van der Waals surface area (Å²) in [5.41, 5.74) is 17.4. The Bertz CT molecular complexity index is 4320. The molecule has 127 heavy (non-hydrogen) atoms. The summed E-state index contributed by atoms with van der Waals surface area (Å²) in [4.78, 5) is 98.8. The van der Waals surface area contributed by atoms with Gasteiger partial charge in [0.15, 0.2) is 17.0 Å². The van der Waals surface area contributed by atoms with Crippen molar-refractivity contribution < 1.29 is 110 Å². The maximum absolute atomic E-state index is 14.8. The lowest BCUT2D eigenvalue weighted by molar-refractivity contribution is -0.265. The fourth-order valence-electron chi connectivity index (χ4n) is 16.6. The van der Waals surface area contributed by atoms with Crippen LogP contribution in [-0.4, -0.2) is 291 Å². The van der Waals surface area contributed by atoms with E-state index in [1.54, 1.807) is 56.5 Å². The van der Waals surface area contributed by atoms with Gasteiger partial charge in [-0.2, -0.15) is 10.1 Å². The summed E-state index contributed by atoms with van der Waals surface area (Å²) < 4.78 is 90.8. The zero-order chi connectivity index (χ0) is 91.0. The topological polar surface area (TPSA) is 440 Å². The van der Waals surface area contributed by atoms with Crippen molar-refractivity contribution in [3.8, 4) is 11.3 Å². The van der Waals surface area contributed by atoms with E-state index in [-0.39, 0.29) is 85.9 Å². The minimum Gasteiger partial charge on any atom is -0.460 e. The Kier molecular flexibility index (Phi) is 43.9. The van der Waals surface area contributed by atoms with Gasteiger partial charge in [0, 0.05) is 96.3 Å². The van der Waals surface area contributed by atoms with Gasteiger partial charge in [-0.3, -0.25) is 24.0 Å². The first kappa shape index (κ1) is 102. The standard InChI is InChI=1S/C92H140N12O23/c1-61-20-12-11-13-21-62(2)77(113-8)57-71-27-24-67(7)92(112,127-71)86(109)89(110)103-32-17-14-23-73(103)90(111)125-78(58-74(105)63(3)53-66(6)84(108)85(115-10)83(107)65(5)52-61)64(4)54-68-25-28-76(79(55-68)114-9)124-35-19-15-22-70-59-102(101-99-70)34-37-117-39-41-119-43-45-121-47-49-123-51-50-122-48-46-120-44-42-118-40-38-116-36-30-80(106)95-31-16-18-33-104-88-81(87(93)96-60-97-88)82(100-104)69-26-29-75-72(56-69)98-91(94)126-75/h11-13,20-21,26,29,53,56,59-61,63-65,67-68,71,73,76-79,84-85,108,112H,14-19,22-25,27-28,30-52,54-55,57-58H2,1-10H3,(H2,94,98)(H,95,106)(H2,93,96,97)/b13-11+,20-12+,62-21+,66-53+/t61-,63-,64-,65-,67-,68+,71+,73+,76-,77+,78?,79-,84-,85+,92-/m1/s1. The van der Waals surface area contributed by atoms with Gasteiger partial charge in [0.25, 0.3) is 17.7 Å². The summed E-state index contributed by atoms with van der Waals surface area (Å²) in [7, 11) is 4.65. The van der Waals surface area contributed by atoms with Crippen LogP contribution < -0.4 is 16.8 Å². The number of hydrogen-bond acceptors (Lipinski definition) is 31. The fourth-order valence-corrected chi connectivity index (χ4v) is 16.6. The van der Waals surface area contributed by atoms with Crippen LogP contribution in [0, 0.1) is 35.5 Å². The van der Waals surface area contributed by atoms with E-state index >= 15 is 0 Å². The third kappa shape index (κ3) is 32.4. The first-order chi connectivity index (χ1) is 61.4. The Balaban J connectivity index is 0.586. The van der Waals surface area contributed by atoms with E-state index in [4.69, 9.17) is 87.3 Å². The van der Waals surface area contributed by atoms with E-state index in [1.807, 2.05) is 76.4 Å². The maximum Gasteiger partial charge on any atom is 0.329 e. The molecule has 15 atom stereocenters. The van der Waals surface area contributed by atoms with Gasteiger partial charge in [0.1, 0.15) is 53.5 Å². The number of rotatable bonds is 45. The number of nitrogen functional groups attached to an aromatic ring is 2. The first-order valence-electron chi connectivity index (χ1n) is 45.4. The number of carbonyl (C=O) groups is 6. The van der Waals surface area contributed by atoms with E-state index in [0.29, 0.717) is 216 Å². The normalized spacial score (nSPS) is 26.5. The van der Waals surface area contributed by atoms with Gasteiger partial charge in [-0.05, 0) is 157 Å². The van der Waals surface area contributed by atoms with Crippen molar-refractivity contribution >= 4 is 69.1 Å². The van der Waals surface area contributed by atoms with Crippen molar-refractivity contribution in [3.05, 3.63) is 84.0 Å². The third-order valence-corrected chi connectivity index (χ3v) is 24.1. The van der Waals surface area contributed by atoms with Crippen LogP contribution in [0.5, 0.6) is 0 Å². The molecule has 1 unspecified atom stereocenters. The fraction of sp³-hybridized carbons (Fsp3) is 0.696. The van der Waals surface area contributed by atoms with Gasteiger partial charge >= 0.3 is 5.97 Å². The number of Topliss-reactive ketones (excluding diaryl/α,β-unsaturated/α-hetero) is 3. The molecule has 2 amide bonds. The monoisotopic (exact) mass is 1780 g/mol. The van der Waals surface area contributed by atoms with Crippen molar-refractivity contribution in [3.63, 3.8) is 0 Å². The lowest BCUT2D eigenvalue weighted by atomic mass is 9.78. The van der Waals surface area contributed by atoms with Crippen LogP contribution in [0.3, 0.4) is 0 Å². The third-order valence-electron chi connectivity index (χ3n) is 24.1. The zero-order valence-corrected chi connectivity index (χ0v) is 76.2. The second kappa shape index (κ2) is 54.4. The number of allylic oxidation sites excluding steroid dienone is 6. The van der Waals surface area contributed by atoms with Crippen molar-refractivity contribution in [2.24, 2.45) is 35.5 Å². The molecule has 706 valence electrons. The molecule has 2 saturated heterocycles. The first-order valence-corrected chi connectivity index (χ1v) is 45.4. The number of ketones is 3. The summed E-state index contributed by atoms with van der Waals surface area (Å²) in [5.74, 6) is -7.94. The van der Waals surface area contributed by atoms with Gasteiger partial charge in [-0.1, -0.05) is 76.3 Å². The minimum atomic E-state index is -2.46. The number of ether oxygens (including phenoxy) is 14. The van der Waals surface area contributed by atoms with Crippen LogP contribution in [0.4, 0.5) is 11.8 Å². The quantitative estimate of drug-likeness (QED) is 0.0105. The molecule has 35 heteroatoms. The highest BCUT2D eigenvalue weighted by Gasteiger charge is 2.53. The average molecular weight is 1780 g/mol. The van der Waals surface area contributed by atoms with Gasteiger partial charge in [0.05, 0.1) is 148 Å². The average Bonchev–Trinajstić information content (AvgIpc) is 1.54. The highest BCUT2D eigenvalue weighted by atomic mass is 16.6. The zero-order valence-electron chi connectivity index (χ0n) is 76.2. The number of piperidine rings is 1. The molecular weight excluding hydrogens is 1640 g/mol. The largest absolute Gasteiger partial charge is 0.460 e. The summed E-state index contributed by atoms with van der Waals surface area (Å²) >= 11 is 0. The molecule has 3 fully saturated rings. The van der Waals surface area contributed by atoms with Crippen LogP contribution in [0.25, 0.3) is 33.4 Å². The minimum absolute atomic E-state index is 0.00508. The molecule has 7 N–H and O–H groups in total. The number of nitrogens with two attached hydrogens (primary N) is 2. The number of benzene rings is 1. The number of anilines is 2. The number of oxazole rings is 1. The smallest absolute Gasteiger partial charge is 0.329 e. The number of nitrogens with zero attached hydrogens (tertiary/aromatic N) is 9. The van der Waals surface area contributed by atoms with Crippen molar-refractivity contribution in [2.45, 2.75) is 232 Å². The summed E-state index contributed by atoms with van der Waals surface area (Å²) in [6.07, 6.45) is 19.3. The van der Waals surface area contributed by atoms with Crippen LogP contribution in [0.2, 0.25) is 0 Å². The van der Waals surface area contributed by atoms with Crippen LogP contribution >= 0.6 is 0 Å². The second-order valence-electron chi connectivity index (χ2n) is 33.8. The molecule has 9 rings (SSSR count). The summed E-state index contributed by atoms with van der Waals surface area (Å²) in [6, 6.07) is 4.40. The number of aryl methyl sites for hydroxylation is 2. The highest BCUT2D eigenvalue weighted by molar-refractivity contribution is 6.39. The van der Waals surface area contributed by atoms with E-state index in [2.05, 4.69) is 30.6 Å². The van der Waals surface area contributed by atoms with E-state index in [9.17, 15) is 39.0 Å². The number of unbranched alkanes of at least 4 members (excludes halogenated alkanes) is 2. The Hall–Kier alpha value is -8.24. The number of esters is 1. The maximum atomic E-state index is 14.8. The van der Waals surface area contributed by atoms with E-state index < -0.39 is 77.8 Å². The van der Waals surface area contributed by atoms with Crippen molar-refractivity contribution in [2.75, 3.05) is 158 Å².